The fraction of sp³-hybridized carbons (Fsp3) is 0.261. The highest BCUT2D eigenvalue weighted by Crippen LogP contribution is 2.38. The molecule has 0 aliphatic carbocycles. The second-order valence-corrected chi connectivity index (χ2v) is 7.89. The summed E-state index contributed by atoms with van der Waals surface area (Å²) in [7, 11) is 3.64. The lowest BCUT2D eigenvalue weighted by Crippen LogP contribution is -2.30. The van der Waals surface area contributed by atoms with Gasteiger partial charge < -0.3 is 19.9 Å². The van der Waals surface area contributed by atoms with Gasteiger partial charge in [-0.15, -0.1) is 0 Å². The van der Waals surface area contributed by atoms with Gasteiger partial charge in [0.1, 0.15) is 0 Å². The molecule has 8 heteroatoms. The number of fused-ring (bicyclic) bond motifs is 4. The summed E-state index contributed by atoms with van der Waals surface area (Å²) in [5, 5.41) is 7.50. The van der Waals surface area contributed by atoms with Crippen LogP contribution in [0, 0.1) is 6.92 Å². The fourth-order valence-electron chi connectivity index (χ4n) is 4.24. The van der Waals surface area contributed by atoms with E-state index >= 15 is 0 Å². The van der Waals surface area contributed by atoms with Crippen molar-refractivity contribution in [2.45, 2.75) is 13.5 Å². The average Bonchev–Trinajstić information content (AvgIpc) is 3.40. The lowest BCUT2D eigenvalue weighted by atomic mass is 9.97. The summed E-state index contributed by atoms with van der Waals surface area (Å²) < 4.78 is 7.75. The van der Waals surface area contributed by atoms with Gasteiger partial charge in [-0.3, -0.25) is 14.3 Å². The predicted molar refractivity (Wildman–Crippen MR) is 117 cm³/mol. The first kappa shape index (κ1) is 19.3. The van der Waals surface area contributed by atoms with E-state index in [9.17, 15) is 9.59 Å². The topological polar surface area (TPSA) is 92.2 Å². The summed E-state index contributed by atoms with van der Waals surface area (Å²) in [5.41, 5.74) is 7.02. The Balaban J connectivity index is 1.72. The van der Waals surface area contributed by atoms with Crippen molar-refractivity contribution in [2.75, 3.05) is 25.5 Å². The van der Waals surface area contributed by atoms with Gasteiger partial charge in [0.25, 0.3) is 11.8 Å². The van der Waals surface area contributed by atoms with E-state index in [-0.39, 0.29) is 11.8 Å². The molecule has 0 fully saturated rings. The van der Waals surface area contributed by atoms with Gasteiger partial charge in [0.2, 0.25) is 0 Å². The van der Waals surface area contributed by atoms with Crippen LogP contribution in [0.2, 0.25) is 0 Å². The van der Waals surface area contributed by atoms with Crippen molar-refractivity contribution in [1.82, 2.24) is 19.7 Å². The molecule has 2 aliphatic rings. The Morgan fingerprint density at radius 3 is 2.81 bits per heavy atom. The zero-order chi connectivity index (χ0) is 21.7. The summed E-state index contributed by atoms with van der Waals surface area (Å²) in [4.78, 5) is 30.4. The Morgan fingerprint density at radius 1 is 1.13 bits per heavy atom. The first-order valence-corrected chi connectivity index (χ1v) is 10.1. The van der Waals surface area contributed by atoms with Crippen molar-refractivity contribution in [3.63, 3.8) is 0 Å². The van der Waals surface area contributed by atoms with Crippen LogP contribution in [0.25, 0.3) is 22.8 Å². The number of likely N-dealkylation sites (N-methyl/N-ethyl adjacent to an activating group) is 1. The van der Waals surface area contributed by atoms with Gasteiger partial charge in [-0.05, 0) is 36.8 Å². The molecule has 5 rings (SSSR count). The summed E-state index contributed by atoms with van der Waals surface area (Å²) in [6.45, 7) is 3.20. The number of rotatable bonds is 0. The van der Waals surface area contributed by atoms with Crippen LogP contribution in [0.3, 0.4) is 0 Å². The number of hydrogen-bond donors (Lipinski definition) is 2. The monoisotopic (exact) mass is 417 g/mol. The fourth-order valence-corrected chi connectivity index (χ4v) is 4.24. The number of amides is 2. The molecule has 158 valence electrons. The molecule has 2 amide bonds. The standard InChI is InChI=1S/C23H23N5O3/c1-13-21-14-4-5-18-16(10-14)17(22(29)25-18)11-19-15(6-7-24-19)23(30)27(2)8-9-31-12-20(21)28(3)26-13/h4-7,10-11,24H,8-9,12H2,1-3H3,(H,25,29)/b17-11-. The molecule has 4 heterocycles. The number of aryl methyl sites for hydroxylation is 2. The lowest BCUT2D eigenvalue weighted by molar-refractivity contribution is -0.110. The first-order chi connectivity index (χ1) is 14.9. The molecular formula is C23H23N5O3. The molecule has 2 aromatic heterocycles. The van der Waals surface area contributed by atoms with Crippen LogP contribution in [0.1, 0.15) is 33.0 Å². The maximum absolute atomic E-state index is 13.0. The highest BCUT2D eigenvalue weighted by atomic mass is 16.5. The van der Waals surface area contributed by atoms with E-state index in [1.54, 1.807) is 30.3 Å². The van der Waals surface area contributed by atoms with Gasteiger partial charge >= 0.3 is 0 Å². The molecule has 3 aromatic rings. The van der Waals surface area contributed by atoms with Gasteiger partial charge in [-0.1, -0.05) is 6.07 Å². The number of H-pyrrole nitrogens is 1. The van der Waals surface area contributed by atoms with Crippen molar-refractivity contribution in [3.8, 4) is 11.1 Å². The maximum Gasteiger partial charge on any atom is 0.256 e. The Labute approximate surface area is 179 Å². The van der Waals surface area contributed by atoms with E-state index in [0.29, 0.717) is 36.6 Å². The SMILES string of the molecule is Cc1nn(C)c2c1-c1ccc3c(c1)/C(=C/c1[nH]ccc1C(=O)N(C)CCOC2)C(=O)N3. The number of carbonyl (C=O) groups excluding carboxylic acids is 2. The van der Waals surface area contributed by atoms with Gasteiger partial charge in [0.05, 0.1) is 41.4 Å². The molecule has 0 atom stereocenters. The first-order valence-electron chi connectivity index (χ1n) is 10.1. The summed E-state index contributed by atoms with van der Waals surface area (Å²) in [5.74, 6) is -0.319. The van der Waals surface area contributed by atoms with Crippen LogP contribution < -0.4 is 5.32 Å². The minimum atomic E-state index is -0.190. The van der Waals surface area contributed by atoms with E-state index in [2.05, 4.69) is 15.4 Å². The third-order valence-electron chi connectivity index (χ3n) is 5.89. The van der Waals surface area contributed by atoms with Crippen LogP contribution in [-0.4, -0.2) is 51.7 Å². The normalized spacial score (nSPS) is 17.9. The maximum atomic E-state index is 13.0. The highest BCUT2D eigenvalue weighted by molar-refractivity contribution is 6.35. The van der Waals surface area contributed by atoms with Crippen LogP contribution >= 0.6 is 0 Å². The zero-order valence-corrected chi connectivity index (χ0v) is 17.7. The molecule has 0 spiro atoms. The molecular weight excluding hydrogens is 394 g/mol. The average molecular weight is 417 g/mol. The van der Waals surface area contributed by atoms with Crippen molar-refractivity contribution < 1.29 is 14.3 Å². The lowest BCUT2D eigenvalue weighted by Gasteiger charge is -2.17. The second-order valence-electron chi connectivity index (χ2n) is 7.89. The second kappa shape index (κ2) is 7.24. The Morgan fingerprint density at radius 2 is 1.97 bits per heavy atom. The van der Waals surface area contributed by atoms with Gasteiger partial charge in [-0.2, -0.15) is 5.10 Å². The van der Waals surface area contributed by atoms with Crippen LogP contribution in [-0.2, 0) is 23.2 Å². The summed E-state index contributed by atoms with van der Waals surface area (Å²) >= 11 is 0. The number of aromatic nitrogens is 3. The molecule has 2 aliphatic heterocycles. The van der Waals surface area contributed by atoms with Crippen LogP contribution in [0.4, 0.5) is 5.69 Å². The largest absolute Gasteiger partial charge is 0.373 e. The molecule has 2 N–H and O–H groups in total. The van der Waals surface area contributed by atoms with E-state index in [1.165, 1.54) is 0 Å². The molecule has 0 saturated heterocycles. The van der Waals surface area contributed by atoms with Crippen LogP contribution in [0.5, 0.6) is 0 Å². The number of carbonyl (C=O) groups is 2. The number of ether oxygens (including phenoxy) is 1. The number of hydrogen-bond acceptors (Lipinski definition) is 4. The molecule has 31 heavy (non-hydrogen) atoms. The third-order valence-corrected chi connectivity index (χ3v) is 5.89. The van der Waals surface area contributed by atoms with Gasteiger partial charge in [0.15, 0.2) is 0 Å². The number of nitrogens with one attached hydrogen (secondary N) is 2. The predicted octanol–water partition coefficient (Wildman–Crippen LogP) is 2.82. The van der Waals surface area contributed by atoms with E-state index in [4.69, 9.17) is 4.74 Å². The molecule has 2 bridgehead atoms. The summed E-state index contributed by atoms with van der Waals surface area (Å²) in [6, 6.07) is 7.64. The molecule has 8 nitrogen and oxygen atoms in total. The summed E-state index contributed by atoms with van der Waals surface area (Å²) in [6.07, 6.45) is 3.46. The minimum absolute atomic E-state index is 0.129. The van der Waals surface area contributed by atoms with Crippen molar-refractivity contribution in [2.24, 2.45) is 7.05 Å². The molecule has 0 radical (unpaired) electrons. The Hall–Kier alpha value is -3.65. The number of nitrogens with zero attached hydrogens (tertiary/aromatic N) is 3. The Kier molecular flexibility index (Phi) is 4.51. The van der Waals surface area contributed by atoms with Crippen molar-refractivity contribution >= 4 is 29.2 Å². The Bertz CT molecular complexity index is 1250. The van der Waals surface area contributed by atoms with Gasteiger partial charge in [0, 0.05) is 43.7 Å². The van der Waals surface area contributed by atoms with E-state index < -0.39 is 0 Å². The van der Waals surface area contributed by atoms with Crippen LogP contribution in [0.15, 0.2) is 30.5 Å². The molecule has 0 saturated carbocycles. The zero-order valence-electron chi connectivity index (χ0n) is 17.7. The quantitative estimate of drug-likeness (QED) is 0.588. The minimum Gasteiger partial charge on any atom is -0.373 e. The van der Waals surface area contributed by atoms with E-state index in [1.807, 2.05) is 36.9 Å². The van der Waals surface area contributed by atoms with Crippen molar-refractivity contribution in [1.29, 1.82) is 0 Å². The van der Waals surface area contributed by atoms with E-state index in [0.717, 1.165) is 33.8 Å². The molecule has 0 unspecified atom stereocenters. The molecule has 1 aromatic carbocycles. The third kappa shape index (κ3) is 3.16. The number of benzene rings is 1. The van der Waals surface area contributed by atoms with Crippen molar-refractivity contribution in [3.05, 3.63) is 58.7 Å². The number of aromatic amines is 1. The number of anilines is 1. The highest BCUT2D eigenvalue weighted by Gasteiger charge is 2.27. The smallest absolute Gasteiger partial charge is 0.256 e. The van der Waals surface area contributed by atoms with Gasteiger partial charge in [-0.25, -0.2) is 0 Å².